The van der Waals surface area contributed by atoms with Gasteiger partial charge in [0.25, 0.3) is 0 Å². The fraction of sp³-hybridized carbons (Fsp3) is 0.286. The molecule has 0 spiro atoms. The van der Waals surface area contributed by atoms with Crippen molar-refractivity contribution in [3.63, 3.8) is 0 Å². The summed E-state index contributed by atoms with van der Waals surface area (Å²) in [5.74, 6) is 1.25. The molecule has 0 aliphatic carbocycles. The molecule has 0 fully saturated rings. The smallest absolute Gasteiger partial charge is 0.138 e. The van der Waals surface area contributed by atoms with E-state index in [1.54, 1.807) is 12.4 Å². The van der Waals surface area contributed by atoms with E-state index in [2.05, 4.69) is 27.2 Å². The lowest BCUT2D eigenvalue weighted by Gasteiger charge is -2.05. The largest absolute Gasteiger partial charge is 0.491 e. The molecule has 6 heteroatoms. The molecule has 0 saturated heterocycles. The third-order valence-electron chi connectivity index (χ3n) is 3.13. The van der Waals surface area contributed by atoms with Crippen LogP contribution in [0.25, 0.3) is 21.9 Å². The van der Waals surface area contributed by atoms with Crippen molar-refractivity contribution in [1.29, 1.82) is 0 Å². The lowest BCUT2D eigenvalue weighted by molar-refractivity contribution is 0.315. The highest BCUT2D eigenvalue weighted by molar-refractivity contribution is 6.06. The fourth-order valence-corrected chi connectivity index (χ4v) is 2.17. The maximum Gasteiger partial charge on any atom is 0.138 e. The van der Waals surface area contributed by atoms with Gasteiger partial charge in [-0.15, -0.1) is 0 Å². The lowest BCUT2D eigenvalue weighted by Crippen LogP contribution is -2.20. The molecular formula is C14H17N5O. The molecule has 6 nitrogen and oxygen atoms in total. The number of likely N-dealkylation sites (N-methyl/N-ethyl adjacent to an activating group) is 1. The highest BCUT2D eigenvalue weighted by atomic mass is 16.5. The number of hydrogen-bond donors (Lipinski definition) is 3. The number of pyridine rings is 2. The number of H-pyrrole nitrogens is 1. The predicted octanol–water partition coefficient (Wildman–Crippen LogP) is 1.68. The number of aromatic nitrogens is 3. The number of anilines is 1. The first-order valence-electron chi connectivity index (χ1n) is 6.64. The van der Waals surface area contributed by atoms with Crippen LogP contribution >= 0.6 is 0 Å². The number of ether oxygens (including phenoxy) is 1. The maximum atomic E-state index is 5.74. The number of nitrogens with two attached hydrogens (primary N) is 1. The molecule has 0 unspecified atom stereocenters. The molecule has 20 heavy (non-hydrogen) atoms. The van der Waals surface area contributed by atoms with Gasteiger partial charge in [-0.3, -0.25) is 0 Å². The Morgan fingerprint density at radius 3 is 3.00 bits per heavy atom. The van der Waals surface area contributed by atoms with Crippen molar-refractivity contribution in [3.8, 4) is 5.75 Å². The average Bonchev–Trinajstić information content (AvgIpc) is 2.81. The SMILES string of the molecule is CCNCCOc1cnc2[nH]c3cnc(N)cc3c2c1. The number of nitrogens with zero attached hydrogens (tertiary/aromatic N) is 2. The van der Waals surface area contributed by atoms with Crippen LogP contribution < -0.4 is 15.8 Å². The van der Waals surface area contributed by atoms with Crippen molar-refractivity contribution in [2.24, 2.45) is 0 Å². The number of hydrogen-bond acceptors (Lipinski definition) is 5. The first kappa shape index (κ1) is 12.7. The van der Waals surface area contributed by atoms with Crippen molar-refractivity contribution in [2.45, 2.75) is 6.92 Å². The molecule has 3 aromatic heterocycles. The van der Waals surface area contributed by atoms with E-state index in [1.807, 2.05) is 12.1 Å². The van der Waals surface area contributed by atoms with E-state index < -0.39 is 0 Å². The second-order valence-electron chi connectivity index (χ2n) is 4.55. The van der Waals surface area contributed by atoms with Crippen LogP contribution in [0.4, 0.5) is 5.82 Å². The second-order valence-corrected chi connectivity index (χ2v) is 4.55. The molecular weight excluding hydrogens is 254 g/mol. The molecule has 0 bridgehead atoms. The van der Waals surface area contributed by atoms with Crippen LogP contribution in [0.3, 0.4) is 0 Å². The minimum atomic E-state index is 0.497. The van der Waals surface area contributed by atoms with E-state index in [4.69, 9.17) is 10.5 Å². The first-order chi connectivity index (χ1) is 9.78. The average molecular weight is 271 g/mol. The summed E-state index contributed by atoms with van der Waals surface area (Å²) in [5.41, 5.74) is 7.47. The quantitative estimate of drug-likeness (QED) is 0.614. The van der Waals surface area contributed by atoms with Crippen molar-refractivity contribution in [2.75, 3.05) is 25.4 Å². The second kappa shape index (κ2) is 5.34. The molecule has 0 aliphatic heterocycles. The van der Waals surface area contributed by atoms with E-state index in [9.17, 15) is 0 Å². The van der Waals surface area contributed by atoms with Gasteiger partial charge in [0.2, 0.25) is 0 Å². The van der Waals surface area contributed by atoms with Crippen molar-refractivity contribution in [3.05, 3.63) is 24.5 Å². The number of aromatic amines is 1. The molecule has 3 aromatic rings. The van der Waals surface area contributed by atoms with Crippen LogP contribution in [-0.4, -0.2) is 34.6 Å². The molecule has 4 N–H and O–H groups in total. The molecule has 3 rings (SSSR count). The predicted molar refractivity (Wildman–Crippen MR) is 79.8 cm³/mol. The molecule has 0 aliphatic rings. The summed E-state index contributed by atoms with van der Waals surface area (Å²) in [7, 11) is 0. The zero-order chi connectivity index (χ0) is 13.9. The van der Waals surface area contributed by atoms with Gasteiger partial charge in [-0.25, -0.2) is 9.97 Å². The normalized spacial score (nSPS) is 11.2. The monoisotopic (exact) mass is 271 g/mol. The minimum absolute atomic E-state index is 0.497. The zero-order valence-electron chi connectivity index (χ0n) is 11.3. The van der Waals surface area contributed by atoms with Crippen molar-refractivity contribution < 1.29 is 4.74 Å². The third-order valence-corrected chi connectivity index (χ3v) is 3.13. The summed E-state index contributed by atoms with van der Waals surface area (Å²) in [4.78, 5) is 11.7. The Balaban J connectivity index is 1.92. The number of nitrogen functional groups attached to an aromatic ring is 1. The van der Waals surface area contributed by atoms with E-state index in [0.29, 0.717) is 12.4 Å². The first-order valence-corrected chi connectivity index (χ1v) is 6.64. The summed E-state index contributed by atoms with van der Waals surface area (Å²) in [5, 5.41) is 5.22. The molecule has 0 radical (unpaired) electrons. The Kier molecular flexibility index (Phi) is 3.39. The summed E-state index contributed by atoms with van der Waals surface area (Å²) < 4.78 is 5.68. The van der Waals surface area contributed by atoms with E-state index in [0.717, 1.165) is 40.8 Å². The van der Waals surface area contributed by atoms with Crippen LogP contribution in [0, 0.1) is 0 Å². The highest BCUT2D eigenvalue weighted by Gasteiger charge is 2.07. The van der Waals surface area contributed by atoms with Gasteiger partial charge >= 0.3 is 0 Å². The van der Waals surface area contributed by atoms with Crippen LogP contribution in [0.2, 0.25) is 0 Å². The number of fused-ring (bicyclic) bond motifs is 3. The third kappa shape index (κ3) is 2.37. The Bertz CT molecular complexity index is 737. The topological polar surface area (TPSA) is 88.8 Å². The minimum Gasteiger partial charge on any atom is -0.491 e. The van der Waals surface area contributed by atoms with Gasteiger partial charge in [0.15, 0.2) is 0 Å². The van der Waals surface area contributed by atoms with E-state index in [1.165, 1.54) is 0 Å². The summed E-state index contributed by atoms with van der Waals surface area (Å²) in [6.07, 6.45) is 3.44. The van der Waals surface area contributed by atoms with E-state index >= 15 is 0 Å². The molecule has 0 amide bonds. The van der Waals surface area contributed by atoms with Gasteiger partial charge in [-0.05, 0) is 18.7 Å². The van der Waals surface area contributed by atoms with Crippen LogP contribution in [0.15, 0.2) is 24.5 Å². The van der Waals surface area contributed by atoms with E-state index in [-0.39, 0.29) is 0 Å². The van der Waals surface area contributed by atoms with Gasteiger partial charge in [0.05, 0.1) is 17.9 Å². The summed E-state index contributed by atoms with van der Waals surface area (Å²) >= 11 is 0. The summed E-state index contributed by atoms with van der Waals surface area (Å²) in [6.45, 7) is 4.44. The Labute approximate surface area is 116 Å². The molecule has 0 aromatic carbocycles. The fourth-order valence-electron chi connectivity index (χ4n) is 2.17. The van der Waals surface area contributed by atoms with Crippen LogP contribution in [0.5, 0.6) is 5.75 Å². The van der Waals surface area contributed by atoms with Crippen LogP contribution in [0.1, 0.15) is 6.92 Å². The Morgan fingerprint density at radius 1 is 1.25 bits per heavy atom. The van der Waals surface area contributed by atoms with Gasteiger partial charge in [-0.2, -0.15) is 0 Å². The van der Waals surface area contributed by atoms with Crippen molar-refractivity contribution >= 4 is 27.8 Å². The van der Waals surface area contributed by atoms with Gasteiger partial charge in [0, 0.05) is 17.3 Å². The molecule has 3 heterocycles. The standard InChI is InChI=1S/C14H17N5O/c1-2-16-3-4-20-9-5-11-10-6-13(15)17-8-12(10)19-14(11)18-7-9/h5-8,16H,2-4H2,1H3,(H2,15,17)(H,18,19). The number of nitrogens with one attached hydrogen (secondary N) is 2. The van der Waals surface area contributed by atoms with Gasteiger partial charge in [0.1, 0.15) is 23.8 Å². The van der Waals surface area contributed by atoms with Crippen LogP contribution in [-0.2, 0) is 0 Å². The van der Waals surface area contributed by atoms with Crippen molar-refractivity contribution in [1.82, 2.24) is 20.3 Å². The Hall–Kier alpha value is -2.34. The zero-order valence-corrected chi connectivity index (χ0v) is 11.3. The lowest BCUT2D eigenvalue weighted by atomic mass is 10.2. The molecule has 104 valence electrons. The molecule has 0 saturated carbocycles. The molecule has 0 atom stereocenters. The summed E-state index contributed by atoms with van der Waals surface area (Å²) in [6, 6.07) is 3.82. The van der Waals surface area contributed by atoms with Gasteiger partial charge < -0.3 is 20.8 Å². The Morgan fingerprint density at radius 2 is 2.15 bits per heavy atom. The van der Waals surface area contributed by atoms with Gasteiger partial charge in [-0.1, -0.05) is 6.92 Å². The number of rotatable bonds is 5. The highest BCUT2D eigenvalue weighted by Crippen LogP contribution is 2.27. The maximum absolute atomic E-state index is 5.74.